The average molecular weight is 410 g/mol. The fourth-order valence-corrected chi connectivity index (χ4v) is 3.79. The van der Waals surface area contributed by atoms with E-state index in [-0.39, 0.29) is 5.69 Å². The molecule has 160 valence electrons. The number of ether oxygens (including phenoxy) is 2. The Kier molecular flexibility index (Phi) is 7.77. The molecule has 0 bridgehead atoms. The highest BCUT2D eigenvalue weighted by atomic mass is 16.5. The first kappa shape index (κ1) is 21.8. The molecule has 30 heavy (non-hydrogen) atoms. The summed E-state index contributed by atoms with van der Waals surface area (Å²) < 4.78 is 13.2. The minimum absolute atomic E-state index is 0.146. The van der Waals surface area contributed by atoms with Crippen LogP contribution in [0.5, 0.6) is 11.5 Å². The first-order valence-corrected chi connectivity index (χ1v) is 10.8. The van der Waals surface area contributed by atoms with Crippen LogP contribution in [0.3, 0.4) is 0 Å². The molecule has 1 heterocycles. The maximum atomic E-state index is 12.2. The Morgan fingerprint density at radius 3 is 2.33 bits per heavy atom. The van der Waals surface area contributed by atoms with E-state index in [2.05, 4.69) is 6.92 Å². The molecule has 0 aliphatic carbocycles. The summed E-state index contributed by atoms with van der Waals surface area (Å²) in [4.78, 5) is 12.2. The fraction of sp³-hybridized carbons (Fsp3) is 0.400. The summed E-state index contributed by atoms with van der Waals surface area (Å²) in [5.41, 5.74) is 1.72. The molecule has 1 N–H and O–H groups in total. The molecule has 1 aromatic heterocycles. The van der Waals surface area contributed by atoms with Gasteiger partial charge in [0.25, 0.3) is 0 Å². The molecule has 0 fully saturated rings. The smallest absolute Gasteiger partial charge is 0.356 e. The molecule has 0 unspecified atom stereocenters. The van der Waals surface area contributed by atoms with Crippen LogP contribution in [0.2, 0.25) is 0 Å². The van der Waals surface area contributed by atoms with Crippen LogP contribution in [0, 0.1) is 0 Å². The minimum atomic E-state index is -1.01. The average Bonchev–Trinajstić information content (AvgIpc) is 3.10. The largest absolute Gasteiger partial charge is 0.497 e. The zero-order valence-corrected chi connectivity index (χ0v) is 17.9. The van der Waals surface area contributed by atoms with Crippen LogP contribution in [-0.2, 0) is 0 Å². The molecule has 5 nitrogen and oxygen atoms in total. The third-order valence-electron chi connectivity index (χ3n) is 5.34. The Bertz CT molecular complexity index is 962. The van der Waals surface area contributed by atoms with E-state index < -0.39 is 5.97 Å². The Hall–Kier alpha value is -2.95. The van der Waals surface area contributed by atoms with Crippen molar-refractivity contribution in [3.63, 3.8) is 0 Å². The Labute approximate surface area is 178 Å². The lowest BCUT2D eigenvalue weighted by Crippen LogP contribution is -2.09. The Balaban J connectivity index is 1.88. The third kappa shape index (κ3) is 4.96. The van der Waals surface area contributed by atoms with Crippen LogP contribution in [0.25, 0.3) is 16.6 Å². The van der Waals surface area contributed by atoms with Gasteiger partial charge in [0.2, 0.25) is 0 Å². The number of unbranched alkanes of at least 4 members (excludes halogenated alkanes) is 6. The normalized spacial score (nSPS) is 11.0. The van der Waals surface area contributed by atoms with Crippen LogP contribution < -0.4 is 9.47 Å². The highest BCUT2D eigenvalue weighted by Crippen LogP contribution is 2.38. The zero-order valence-electron chi connectivity index (χ0n) is 17.9. The molecule has 0 saturated heterocycles. The van der Waals surface area contributed by atoms with E-state index in [4.69, 9.17) is 9.47 Å². The van der Waals surface area contributed by atoms with Crippen molar-refractivity contribution in [3.05, 3.63) is 54.2 Å². The fourth-order valence-electron chi connectivity index (χ4n) is 3.79. The number of hydrogen-bond acceptors (Lipinski definition) is 3. The van der Waals surface area contributed by atoms with Gasteiger partial charge in [-0.05, 0) is 36.8 Å². The second-order valence-corrected chi connectivity index (χ2v) is 7.51. The van der Waals surface area contributed by atoms with Gasteiger partial charge in [-0.3, -0.25) is 0 Å². The maximum Gasteiger partial charge on any atom is 0.356 e. The maximum absolute atomic E-state index is 12.2. The van der Waals surface area contributed by atoms with Gasteiger partial charge in [0.1, 0.15) is 5.75 Å². The number of aromatic nitrogens is 1. The first-order chi connectivity index (χ1) is 14.7. The van der Waals surface area contributed by atoms with Crippen molar-refractivity contribution in [2.24, 2.45) is 0 Å². The van der Waals surface area contributed by atoms with Gasteiger partial charge in [-0.25, -0.2) is 4.79 Å². The number of para-hydroxylation sites is 1. The predicted molar refractivity (Wildman–Crippen MR) is 120 cm³/mol. The van der Waals surface area contributed by atoms with Gasteiger partial charge >= 0.3 is 5.97 Å². The van der Waals surface area contributed by atoms with Crippen LogP contribution >= 0.6 is 0 Å². The SMILES string of the molecule is CCCCCCCCCOc1c(C(=O)O)n(-c2ccccc2)c2ccc(OC)cc12. The third-order valence-corrected chi connectivity index (χ3v) is 5.34. The number of rotatable bonds is 12. The zero-order chi connectivity index (χ0) is 21.3. The quantitative estimate of drug-likeness (QED) is 0.348. The molecular weight excluding hydrogens is 378 g/mol. The number of carboxylic acids is 1. The molecule has 0 radical (unpaired) electrons. The van der Waals surface area contributed by atoms with Crippen LogP contribution in [0.15, 0.2) is 48.5 Å². The topological polar surface area (TPSA) is 60.7 Å². The van der Waals surface area contributed by atoms with Crippen molar-refractivity contribution >= 4 is 16.9 Å². The number of benzene rings is 2. The summed E-state index contributed by atoms with van der Waals surface area (Å²) in [5.74, 6) is 0.0697. The number of carbonyl (C=O) groups is 1. The van der Waals surface area contributed by atoms with Crippen molar-refractivity contribution in [2.75, 3.05) is 13.7 Å². The van der Waals surface area contributed by atoms with Gasteiger partial charge in [0.05, 0.1) is 19.2 Å². The predicted octanol–water partition coefficient (Wildman–Crippen LogP) is 6.47. The molecule has 5 heteroatoms. The van der Waals surface area contributed by atoms with E-state index in [0.29, 0.717) is 18.1 Å². The van der Waals surface area contributed by atoms with Crippen LogP contribution in [-0.4, -0.2) is 29.4 Å². The van der Waals surface area contributed by atoms with E-state index in [9.17, 15) is 9.90 Å². The molecule has 0 atom stereocenters. The second kappa shape index (κ2) is 10.7. The van der Waals surface area contributed by atoms with Gasteiger partial charge in [-0.2, -0.15) is 0 Å². The molecule has 0 amide bonds. The standard InChI is InChI=1S/C25H31NO4/c1-3-4-5-6-7-8-12-17-30-24-21-18-20(29-2)15-16-22(21)26(23(24)25(27)28)19-13-10-9-11-14-19/h9-11,13-16,18H,3-8,12,17H2,1-2H3,(H,27,28). The highest BCUT2D eigenvalue weighted by molar-refractivity contribution is 6.02. The van der Waals surface area contributed by atoms with E-state index in [1.807, 2.05) is 48.5 Å². The van der Waals surface area contributed by atoms with E-state index in [0.717, 1.165) is 29.4 Å². The summed E-state index contributed by atoms with van der Waals surface area (Å²) in [6.45, 7) is 2.72. The molecule has 0 spiro atoms. The molecule has 3 rings (SSSR count). The van der Waals surface area contributed by atoms with Gasteiger partial charge < -0.3 is 19.1 Å². The van der Waals surface area contributed by atoms with Crippen molar-refractivity contribution < 1.29 is 19.4 Å². The molecule has 0 saturated carbocycles. The number of hydrogen-bond donors (Lipinski definition) is 1. The van der Waals surface area contributed by atoms with Crippen molar-refractivity contribution in [3.8, 4) is 17.2 Å². The van der Waals surface area contributed by atoms with Gasteiger partial charge in [-0.1, -0.05) is 63.6 Å². The Morgan fingerprint density at radius 1 is 0.967 bits per heavy atom. The molecule has 0 aliphatic rings. The number of methoxy groups -OCH3 is 1. The first-order valence-electron chi connectivity index (χ1n) is 10.8. The molecule has 3 aromatic rings. The van der Waals surface area contributed by atoms with E-state index in [1.54, 1.807) is 11.7 Å². The number of aromatic carboxylic acids is 1. The monoisotopic (exact) mass is 409 g/mol. The lowest BCUT2D eigenvalue weighted by atomic mass is 10.1. The van der Waals surface area contributed by atoms with Crippen LogP contribution in [0.1, 0.15) is 62.4 Å². The van der Waals surface area contributed by atoms with E-state index in [1.165, 1.54) is 32.1 Å². The van der Waals surface area contributed by atoms with E-state index >= 15 is 0 Å². The van der Waals surface area contributed by atoms with Crippen molar-refractivity contribution in [2.45, 2.75) is 51.9 Å². The summed E-state index contributed by atoms with van der Waals surface area (Å²) in [5, 5.41) is 10.8. The van der Waals surface area contributed by atoms with Crippen molar-refractivity contribution in [1.82, 2.24) is 4.57 Å². The molecule has 2 aromatic carbocycles. The summed E-state index contributed by atoms with van der Waals surface area (Å²) in [6, 6.07) is 15.1. The molecule has 0 aliphatic heterocycles. The van der Waals surface area contributed by atoms with Gasteiger partial charge in [0, 0.05) is 11.1 Å². The van der Waals surface area contributed by atoms with Gasteiger partial charge in [-0.15, -0.1) is 0 Å². The Morgan fingerprint density at radius 2 is 1.67 bits per heavy atom. The lowest BCUT2D eigenvalue weighted by molar-refractivity contribution is 0.0683. The highest BCUT2D eigenvalue weighted by Gasteiger charge is 2.25. The molecular formula is C25H31NO4. The number of nitrogens with zero attached hydrogens (tertiary/aromatic N) is 1. The van der Waals surface area contributed by atoms with Crippen molar-refractivity contribution in [1.29, 1.82) is 0 Å². The lowest BCUT2D eigenvalue weighted by Gasteiger charge is -2.10. The van der Waals surface area contributed by atoms with Crippen LogP contribution in [0.4, 0.5) is 0 Å². The second-order valence-electron chi connectivity index (χ2n) is 7.51. The summed E-state index contributed by atoms with van der Waals surface area (Å²) in [7, 11) is 1.60. The number of fused-ring (bicyclic) bond motifs is 1. The summed E-state index contributed by atoms with van der Waals surface area (Å²) in [6.07, 6.45) is 8.26. The summed E-state index contributed by atoms with van der Waals surface area (Å²) >= 11 is 0. The minimum Gasteiger partial charge on any atom is -0.497 e. The number of carboxylic acid groups (broad SMARTS) is 1. The van der Waals surface area contributed by atoms with Gasteiger partial charge in [0.15, 0.2) is 11.4 Å².